The van der Waals surface area contributed by atoms with Crippen molar-refractivity contribution in [2.45, 2.75) is 17.8 Å². The van der Waals surface area contributed by atoms with Crippen molar-refractivity contribution in [3.8, 4) is 5.75 Å². The maximum absolute atomic E-state index is 13.7. The van der Waals surface area contributed by atoms with Crippen LogP contribution in [0.3, 0.4) is 0 Å². The normalized spacial score (nSPS) is 12.2. The molecule has 0 radical (unpaired) electrons. The van der Waals surface area contributed by atoms with E-state index in [0.29, 0.717) is 0 Å². The zero-order valence-corrected chi connectivity index (χ0v) is 13.3. The number of rotatable bonds is 5. The number of alkyl halides is 3. The van der Waals surface area contributed by atoms with Gasteiger partial charge in [0.15, 0.2) is 0 Å². The van der Waals surface area contributed by atoms with Crippen LogP contribution in [0.2, 0.25) is 5.02 Å². The molecular formula is C14H10ClF4NO3S. The molecule has 0 aliphatic rings. The fourth-order valence-electron chi connectivity index (χ4n) is 1.82. The Labute approximate surface area is 140 Å². The van der Waals surface area contributed by atoms with E-state index in [9.17, 15) is 26.0 Å². The molecule has 10 heteroatoms. The van der Waals surface area contributed by atoms with Gasteiger partial charge in [0.1, 0.15) is 16.5 Å². The van der Waals surface area contributed by atoms with Crippen molar-refractivity contribution in [2.24, 2.45) is 0 Å². The second-order valence-electron chi connectivity index (χ2n) is 4.55. The number of nitrogens with one attached hydrogen (secondary N) is 1. The summed E-state index contributed by atoms with van der Waals surface area (Å²) < 4.78 is 80.7. The van der Waals surface area contributed by atoms with Crippen molar-refractivity contribution in [2.75, 3.05) is 0 Å². The van der Waals surface area contributed by atoms with Gasteiger partial charge in [-0.25, -0.2) is 17.5 Å². The Bertz CT molecular complexity index is 840. The summed E-state index contributed by atoms with van der Waals surface area (Å²) in [6.07, 6.45) is -4.92. The van der Waals surface area contributed by atoms with E-state index in [1.165, 1.54) is 24.3 Å². The Balaban J connectivity index is 2.21. The summed E-state index contributed by atoms with van der Waals surface area (Å²) in [6.45, 7) is -0.517. The first-order valence-electron chi connectivity index (χ1n) is 6.37. The third-order valence-electron chi connectivity index (χ3n) is 2.83. The molecule has 0 spiro atoms. The van der Waals surface area contributed by atoms with E-state index >= 15 is 0 Å². The van der Waals surface area contributed by atoms with Crippen molar-refractivity contribution in [1.29, 1.82) is 0 Å². The predicted molar refractivity (Wildman–Crippen MR) is 78.6 cm³/mol. The summed E-state index contributed by atoms with van der Waals surface area (Å²) in [5.74, 6) is -1.63. The van der Waals surface area contributed by atoms with Gasteiger partial charge in [-0.1, -0.05) is 29.8 Å². The number of halogens is 5. The third-order valence-corrected chi connectivity index (χ3v) is 4.50. The molecule has 0 aromatic heterocycles. The van der Waals surface area contributed by atoms with Crippen molar-refractivity contribution in [1.82, 2.24) is 4.72 Å². The van der Waals surface area contributed by atoms with Gasteiger partial charge in [0, 0.05) is 17.1 Å². The van der Waals surface area contributed by atoms with Crippen molar-refractivity contribution < 1.29 is 30.7 Å². The van der Waals surface area contributed by atoms with Crippen molar-refractivity contribution in [3.63, 3.8) is 0 Å². The molecule has 2 aromatic carbocycles. The standard InChI is InChI=1S/C14H10ClF4NO3S/c15-10-5-6-13(11(16)7-10)24(21,22)20-8-9-3-1-2-4-12(9)23-14(17,18)19/h1-7,20H,8H2. The van der Waals surface area contributed by atoms with E-state index < -0.39 is 39.4 Å². The van der Waals surface area contributed by atoms with Gasteiger partial charge in [0.2, 0.25) is 10.0 Å². The average molecular weight is 384 g/mol. The maximum atomic E-state index is 13.7. The summed E-state index contributed by atoms with van der Waals surface area (Å²) in [6, 6.07) is 7.96. The van der Waals surface area contributed by atoms with Crippen LogP contribution in [0.25, 0.3) is 0 Å². The highest BCUT2D eigenvalue weighted by molar-refractivity contribution is 7.89. The summed E-state index contributed by atoms with van der Waals surface area (Å²) in [5.41, 5.74) is -0.0622. The van der Waals surface area contributed by atoms with E-state index in [0.717, 1.165) is 18.2 Å². The van der Waals surface area contributed by atoms with Crippen LogP contribution in [-0.2, 0) is 16.6 Å². The molecule has 0 aliphatic heterocycles. The molecule has 0 fully saturated rings. The lowest BCUT2D eigenvalue weighted by Gasteiger charge is -2.14. The third kappa shape index (κ3) is 4.83. The molecule has 0 saturated heterocycles. The molecule has 0 heterocycles. The van der Waals surface area contributed by atoms with Gasteiger partial charge in [-0.2, -0.15) is 0 Å². The molecule has 1 N–H and O–H groups in total. The van der Waals surface area contributed by atoms with Crippen LogP contribution in [0.5, 0.6) is 5.75 Å². The van der Waals surface area contributed by atoms with Gasteiger partial charge < -0.3 is 4.74 Å². The zero-order valence-electron chi connectivity index (χ0n) is 11.8. The monoisotopic (exact) mass is 383 g/mol. The summed E-state index contributed by atoms with van der Waals surface area (Å²) >= 11 is 5.54. The minimum atomic E-state index is -4.92. The van der Waals surface area contributed by atoms with Crippen molar-refractivity contribution in [3.05, 3.63) is 58.9 Å². The lowest BCUT2D eigenvalue weighted by atomic mass is 10.2. The number of hydrogen-bond donors (Lipinski definition) is 1. The largest absolute Gasteiger partial charge is 0.573 e. The smallest absolute Gasteiger partial charge is 0.405 e. The highest BCUT2D eigenvalue weighted by atomic mass is 35.5. The molecule has 4 nitrogen and oxygen atoms in total. The van der Waals surface area contributed by atoms with Gasteiger partial charge in [-0.05, 0) is 24.3 Å². The summed E-state index contributed by atoms with van der Waals surface area (Å²) in [7, 11) is -4.29. The molecule has 24 heavy (non-hydrogen) atoms. The molecule has 0 unspecified atom stereocenters. The van der Waals surface area contributed by atoms with Gasteiger partial charge in [0.05, 0.1) is 0 Å². The number of para-hydroxylation sites is 1. The van der Waals surface area contributed by atoms with Crippen molar-refractivity contribution >= 4 is 21.6 Å². The van der Waals surface area contributed by atoms with E-state index in [1.54, 1.807) is 0 Å². The molecule has 0 atom stereocenters. The summed E-state index contributed by atoms with van der Waals surface area (Å²) in [4.78, 5) is -0.666. The lowest BCUT2D eigenvalue weighted by Crippen LogP contribution is -2.25. The number of hydrogen-bond acceptors (Lipinski definition) is 3. The highest BCUT2D eigenvalue weighted by Crippen LogP contribution is 2.26. The quantitative estimate of drug-likeness (QED) is 0.798. The molecule has 0 amide bonds. The first kappa shape index (κ1) is 18.5. The van der Waals surface area contributed by atoms with E-state index in [4.69, 9.17) is 11.6 Å². The van der Waals surface area contributed by atoms with Crippen LogP contribution in [-0.4, -0.2) is 14.8 Å². The number of benzene rings is 2. The predicted octanol–water partition coefficient (Wildman–Crippen LogP) is 3.86. The van der Waals surface area contributed by atoms with Crippen LogP contribution < -0.4 is 9.46 Å². The zero-order chi connectivity index (χ0) is 18.0. The minimum absolute atomic E-state index is 0.00960. The van der Waals surface area contributed by atoms with Crippen LogP contribution in [0.15, 0.2) is 47.4 Å². The maximum Gasteiger partial charge on any atom is 0.573 e. The number of ether oxygens (including phenoxy) is 1. The van der Waals surface area contributed by atoms with Crippen LogP contribution >= 0.6 is 11.6 Å². The Morgan fingerprint density at radius 1 is 1.12 bits per heavy atom. The van der Waals surface area contributed by atoms with Gasteiger partial charge in [-0.3, -0.25) is 0 Å². The topological polar surface area (TPSA) is 55.4 Å². The van der Waals surface area contributed by atoms with Gasteiger partial charge in [0.25, 0.3) is 0 Å². The van der Waals surface area contributed by atoms with Crippen LogP contribution in [0.1, 0.15) is 5.56 Å². The number of sulfonamides is 1. The molecule has 2 aromatic rings. The molecule has 0 aliphatic carbocycles. The van der Waals surface area contributed by atoms with E-state index in [2.05, 4.69) is 4.74 Å². The highest BCUT2D eigenvalue weighted by Gasteiger charge is 2.32. The van der Waals surface area contributed by atoms with E-state index in [-0.39, 0.29) is 10.6 Å². The second kappa shape index (κ2) is 6.96. The molecule has 130 valence electrons. The Morgan fingerprint density at radius 3 is 2.42 bits per heavy atom. The van der Waals surface area contributed by atoms with Crippen LogP contribution in [0, 0.1) is 5.82 Å². The van der Waals surface area contributed by atoms with Crippen LogP contribution in [0.4, 0.5) is 17.6 Å². The van der Waals surface area contributed by atoms with Gasteiger partial charge >= 0.3 is 6.36 Å². The fraction of sp³-hybridized carbons (Fsp3) is 0.143. The first-order chi connectivity index (χ1) is 11.1. The second-order valence-corrected chi connectivity index (χ2v) is 6.73. The SMILES string of the molecule is O=S(=O)(NCc1ccccc1OC(F)(F)F)c1ccc(Cl)cc1F. The molecular weight excluding hydrogens is 374 g/mol. The fourth-order valence-corrected chi connectivity index (χ4v) is 3.04. The lowest BCUT2D eigenvalue weighted by molar-refractivity contribution is -0.274. The molecule has 0 saturated carbocycles. The molecule has 2 rings (SSSR count). The summed E-state index contributed by atoms with van der Waals surface area (Å²) in [5, 5.41) is 0.00960. The Kier molecular flexibility index (Phi) is 5.36. The first-order valence-corrected chi connectivity index (χ1v) is 8.23. The Hall–Kier alpha value is -1.84. The average Bonchev–Trinajstić information content (AvgIpc) is 2.44. The minimum Gasteiger partial charge on any atom is -0.405 e. The molecule has 0 bridgehead atoms. The van der Waals surface area contributed by atoms with Gasteiger partial charge in [-0.15, -0.1) is 13.2 Å². The Morgan fingerprint density at radius 2 is 1.79 bits per heavy atom. The van der Waals surface area contributed by atoms with E-state index in [1.807, 2.05) is 4.72 Å².